The van der Waals surface area contributed by atoms with Gasteiger partial charge in [0.05, 0.1) is 43.1 Å². The minimum Gasteiger partial charge on any atom is -0.469 e. The fraction of sp³-hybridized carbons (Fsp3) is 0.150. The Kier molecular flexibility index (Phi) is 4.44. The molecule has 0 bridgehead atoms. The van der Waals surface area contributed by atoms with E-state index in [2.05, 4.69) is 15.3 Å². The van der Waals surface area contributed by atoms with Gasteiger partial charge < -0.3 is 9.47 Å². The summed E-state index contributed by atoms with van der Waals surface area (Å²) in [5.74, 6) is -1.19. The monoisotopic (exact) mass is 376 g/mol. The molecule has 0 radical (unpaired) electrons. The summed E-state index contributed by atoms with van der Waals surface area (Å²) in [5, 5.41) is 9.77. The molecule has 0 unspecified atom stereocenters. The highest BCUT2D eigenvalue weighted by Gasteiger charge is 2.25. The molecular weight excluding hydrogens is 360 g/mol. The van der Waals surface area contributed by atoms with Crippen molar-refractivity contribution in [1.29, 1.82) is 0 Å². The number of esters is 2. The number of fused-ring (bicyclic) bond motifs is 2. The predicted octanol–water partition coefficient (Wildman–Crippen LogP) is 2.47. The lowest BCUT2D eigenvalue weighted by Gasteiger charge is -2.13. The van der Waals surface area contributed by atoms with E-state index in [1.54, 1.807) is 0 Å². The summed E-state index contributed by atoms with van der Waals surface area (Å²) in [5.41, 5.74) is 2.46. The lowest BCUT2D eigenvalue weighted by Crippen LogP contribution is -2.15. The number of hydrogen-bond acceptors (Lipinski definition) is 7. The summed E-state index contributed by atoms with van der Waals surface area (Å²) >= 11 is 0. The van der Waals surface area contributed by atoms with Crippen LogP contribution in [0.1, 0.15) is 16.2 Å². The Morgan fingerprint density at radius 3 is 2.11 bits per heavy atom. The molecule has 0 saturated heterocycles. The van der Waals surface area contributed by atoms with Gasteiger partial charge in [-0.2, -0.15) is 0 Å². The molecule has 0 aliphatic rings. The van der Waals surface area contributed by atoms with Crippen LogP contribution >= 0.6 is 0 Å². The van der Waals surface area contributed by atoms with Gasteiger partial charge in [-0.15, -0.1) is 5.10 Å². The second-order valence-electron chi connectivity index (χ2n) is 6.04. The SMILES string of the molecule is COC(=O)Cc1c(C(=O)OC)nnn1-c1c2ccccc2nc2ccccc12. The lowest BCUT2D eigenvalue weighted by atomic mass is 10.1. The zero-order valence-electron chi connectivity index (χ0n) is 15.2. The maximum absolute atomic E-state index is 12.2. The van der Waals surface area contributed by atoms with Crippen LogP contribution in [-0.4, -0.2) is 46.1 Å². The molecule has 2 heterocycles. The Balaban J connectivity index is 2.08. The number of aromatic nitrogens is 4. The van der Waals surface area contributed by atoms with Crippen molar-refractivity contribution < 1.29 is 19.1 Å². The van der Waals surface area contributed by atoms with Crippen LogP contribution < -0.4 is 0 Å². The summed E-state index contributed by atoms with van der Waals surface area (Å²) in [7, 11) is 2.53. The molecule has 0 saturated carbocycles. The van der Waals surface area contributed by atoms with Crippen LogP contribution in [0.2, 0.25) is 0 Å². The molecule has 0 atom stereocenters. The van der Waals surface area contributed by atoms with Gasteiger partial charge in [0.15, 0.2) is 5.69 Å². The molecule has 2 aromatic heterocycles. The maximum Gasteiger partial charge on any atom is 0.360 e. The van der Waals surface area contributed by atoms with Crippen molar-refractivity contribution in [2.75, 3.05) is 14.2 Å². The van der Waals surface area contributed by atoms with Gasteiger partial charge in [0.2, 0.25) is 0 Å². The number of nitrogens with zero attached hydrogens (tertiary/aromatic N) is 4. The molecule has 0 amide bonds. The largest absolute Gasteiger partial charge is 0.469 e. The number of carbonyl (C=O) groups is 2. The molecule has 4 aromatic rings. The van der Waals surface area contributed by atoms with Gasteiger partial charge >= 0.3 is 11.9 Å². The third kappa shape index (κ3) is 2.84. The standard InChI is InChI=1S/C20H16N4O4/c1-27-17(25)11-16-18(20(26)28-2)22-23-24(16)19-12-7-3-5-9-14(12)21-15-10-6-4-8-13(15)19/h3-10H,11H2,1-2H3. The van der Waals surface area contributed by atoms with Crippen molar-refractivity contribution in [1.82, 2.24) is 20.0 Å². The number of para-hydroxylation sites is 2. The van der Waals surface area contributed by atoms with E-state index in [4.69, 9.17) is 9.47 Å². The van der Waals surface area contributed by atoms with E-state index in [1.165, 1.54) is 18.9 Å². The van der Waals surface area contributed by atoms with E-state index in [0.717, 1.165) is 21.8 Å². The minimum atomic E-state index is -0.673. The number of pyridine rings is 1. The molecule has 0 aliphatic heterocycles. The topological polar surface area (TPSA) is 96.2 Å². The van der Waals surface area contributed by atoms with E-state index in [9.17, 15) is 9.59 Å². The third-order valence-corrected chi connectivity index (χ3v) is 4.45. The average Bonchev–Trinajstić information content (AvgIpc) is 3.14. The molecular formula is C20H16N4O4. The van der Waals surface area contributed by atoms with Crippen LogP contribution in [0.3, 0.4) is 0 Å². The Morgan fingerprint density at radius 1 is 0.929 bits per heavy atom. The van der Waals surface area contributed by atoms with Crippen LogP contribution in [0.25, 0.3) is 27.5 Å². The molecule has 4 rings (SSSR count). The number of ether oxygens (including phenoxy) is 2. The van der Waals surface area contributed by atoms with Crippen molar-refractivity contribution in [3.63, 3.8) is 0 Å². The van der Waals surface area contributed by atoms with Gasteiger partial charge in [-0.3, -0.25) is 4.79 Å². The van der Waals surface area contributed by atoms with E-state index in [-0.39, 0.29) is 12.1 Å². The first-order valence-electron chi connectivity index (χ1n) is 8.51. The zero-order valence-corrected chi connectivity index (χ0v) is 15.2. The quantitative estimate of drug-likeness (QED) is 0.399. The average molecular weight is 376 g/mol. The molecule has 28 heavy (non-hydrogen) atoms. The lowest BCUT2D eigenvalue weighted by molar-refractivity contribution is -0.139. The first-order valence-corrected chi connectivity index (χ1v) is 8.51. The Hall–Kier alpha value is -3.81. The smallest absolute Gasteiger partial charge is 0.360 e. The fourth-order valence-corrected chi connectivity index (χ4v) is 3.15. The van der Waals surface area contributed by atoms with Crippen molar-refractivity contribution in [3.8, 4) is 5.69 Å². The zero-order chi connectivity index (χ0) is 19.7. The van der Waals surface area contributed by atoms with Gasteiger partial charge in [-0.05, 0) is 12.1 Å². The Bertz CT molecular complexity index is 1160. The van der Waals surface area contributed by atoms with Crippen LogP contribution in [0.15, 0.2) is 48.5 Å². The Morgan fingerprint density at radius 2 is 1.54 bits per heavy atom. The van der Waals surface area contributed by atoms with E-state index < -0.39 is 11.9 Å². The van der Waals surface area contributed by atoms with Gasteiger partial charge in [0.25, 0.3) is 0 Å². The summed E-state index contributed by atoms with van der Waals surface area (Å²) in [4.78, 5) is 28.9. The van der Waals surface area contributed by atoms with E-state index in [0.29, 0.717) is 11.4 Å². The molecule has 8 heteroatoms. The third-order valence-electron chi connectivity index (χ3n) is 4.45. The second kappa shape index (κ2) is 7.07. The van der Waals surface area contributed by atoms with Crippen molar-refractivity contribution in [2.45, 2.75) is 6.42 Å². The van der Waals surface area contributed by atoms with Crippen LogP contribution in [0.4, 0.5) is 0 Å². The second-order valence-corrected chi connectivity index (χ2v) is 6.04. The van der Waals surface area contributed by atoms with Gasteiger partial charge in [-0.25, -0.2) is 14.5 Å². The summed E-state index contributed by atoms with van der Waals surface area (Å²) < 4.78 is 11.1. The van der Waals surface area contributed by atoms with Crippen molar-refractivity contribution >= 4 is 33.7 Å². The number of carbonyl (C=O) groups excluding carboxylic acids is 2. The van der Waals surface area contributed by atoms with Crippen molar-refractivity contribution in [2.24, 2.45) is 0 Å². The molecule has 0 fully saturated rings. The first kappa shape index (κ1) is 17.6. The highest BCUT2D eigenvalue weighted by Crippen LogP contribution is 2.30. The number of methoxy groups -OCH3 is 2. The molecule has 2 aromatic carbocycles. The van der Waals surface area contributed by atoms with Crippen molar-refractivity contribution in [3.05, 3.63) is 59.9 Å². The highest BCUT2D eigenvalue weighted by molar-refractivity contribution is 6.03. The number of benzene rings is 2. The maximum atomic E-state index is 12.2. The molecule has 140 valence electrons. The van der Waals surface area contributed by atoms with Crippen LogP contribution in [0.5, 0.6) is 0 Å². The summed E-state index contributed by atoms with van der Waals surface area (Å²) in [6.45, 7) is 0. The minimum absolute atomic E-state index is 0.0297. The van der Waals surface area contributed by atoms with Crippen LogP contribution in [-0.2, 0) is 20.7 Å². The molecule has 0 aliphatic carbocycles. The normalized spacial score (nSPS) is 10.9. The number of rotatable bonds is 4. The Labute approximate surface area is 159 Å². The predicted molar refractivity (Wildman–Crippen MR) is 101 cm³/mol. The highest BCUT2D eigenvalue weighted by atomic mass is 16.5. The fourth-order valence-electron chi connectivity index (χ4n) is 3.15. The van der Waals surface area contributed by atoms with Crippen LogP contribution in [0, 0.1) is 0 Å². The van der Waals surface area contributed by atoms with Gasteiger partial charge in [-0.1, -0.05) is 41.6 Å². The number of hydrogen-bond donors (Lipinski definition) is 0. The van der Waals surface area contributed by atoms with Gasteiger partial charge in [0.1, 0.15) is 0 Å². The first-order chi connectivity index (χ1) is 13.6. The molecule has 0 spiro atoms. The summed E-state index contributed by atoms with van der Waals surface area (Å²) in [6.07, 6.45) is -0.182. The summed E-state index contributed by atoms with van der Waals surface area (Å²) in [6, 6.07) is 15.2. The molecule has 8 nitrogen and oxygen atoms in total. The van der Waals surface area contributed by atoms with E-state index in [1.807, 2.05) is 48.5 Å². The molecule has 0 N–H and O–H groups in total. The van der Waals surface area contributed by atoms with Gasteiger partial charge in [0, 0.05) is 10.8 Å². The van der Waals surface area contributed by atoms with E-state index >= 15 is 0 Å².